The van der Waals surface area contributed by atoms with Crippen molar-refractivity contribution in [3.05, 3.63) is 0 Å². The summed E-state index contributed by atoms with van der Waals surface area (Å²) in [5, 5.41) is 3.67. The van der Waals surface area contributed by atoms with Gasteiger partial charge in [0.25, 0.3) is 0 Å². The van der Waals surface area contributed by atoms with Gasteiger partial charge in [0.05, 0.1) is 0 Å². The van der Waals surface area contributed by atoms with E-state index in [1.54, 1.807) is 0 Å². The minimum absolute atomic E-state index is 0.387. The lowest BCUT2D eigenvalue weighted by Gasteiger charge is -2.32. The van der Waals surface area contributed by atoms with Gasteiger partial charge in [0.15, 0.2) is 0 Å². The Morgan fingerprint density at radius 1 is 1.21 bits per heavy atom. The van der Waals surface area contributed by atoms with Gasteiger partial charge in [0.2, 0.25) is 0 Å². The standard InChI is InChI=1S/C12H26N2/c1-9(2)8-10(3)14-12-7-5-4-6-11(12)13/h9-12,14H,4-8,13H2,1-3H3/t10?,11-,12?/m1/s1. The van der Waals surface area contributed by atoms with Crippen molar-refractivity contribution >= 4 is 0 Å². The Balaban J connectivity index is 2.27. The molecule has 0 aromatic rings. The first-order valence-electron chi connectivity index (χ1n) is 6.11. The number of hydrogen-bond acceptors (Lipinski definition) is 2. The first kappa shape index (κ1) is 12.0. The first-order valence-corrected chi connectivity index (χ1v) is 6.11. The highest BCUT2D eigenvalue weighted by Crippen LogP contribution is 2.18. The molecule has 1 aliphatic rings. The van der Waals surface area contributed by atoms with Crippen LogP contribution in [0.25, 0.3) is 0 Å². The van der Waals surface area contributed by atoms with Gasteiger partial charge in [-0.3, -0.25) is 0 Å². The van der Waals surface area contributed by atoms with Gasteiger partial charge in [-0.25, -0.2) is 0 Å². The molecule has 2 heteroatoms. The van der Waals surface area contributed by atoms with Crippen LogP contribution >= 0.6 is 0 Å². The van der Waals surface area contributed by atoms with Gasteiger partial charge in [0.1, 0.15) is 0 Å². The largest absolute Gasteiger partial charge is 0.326 e. The van der Waals surface area contributed by atoms with Crippen LogP contribution < -0.4 is 11.1 Å². The summed E-state index contributed by atoms with van der Waals surface area (Å²) in [6.45, 7) is 6.83. The van der Waals surface area contributed by atoms with Gasteiger partial charge >= 0.3 is 0 Å². The zero-order valence-corrected chi connectivity index (χ0v) is 9.92. The van der Waals surface area contributed by atoms with E-state index in [2.05, 4.69) is 26.1 Å². The van der Waals surface area contributed by atoms with Crippen molar-refractivity contribution in [3.8, 4) is 0 Å². The van der Waals surface area contributed by atoms with Gasteiger partial charge in [0, 0.05) is 18.1 Å². The third kappa shape index (κ3) is 3.97. The van der Waals surface area contributed by atoms with Crippen molar-refractivity contribution in [2.75, 3.05) is 0 Å². The van der Waals surface area contributed by atoms with Crippen LogP contribution in [0, 0.1) is 5.92 Å². The van der Waals surface area contributed by atoms with Crippen molar-refractivity contribution in [3.63, 3.8) is 0 Å². The zero-order chi connectivity index (χ0) is 10.6. The highest BCUT2D eigenvalue weighted by molar-refractivity contribution is 4.85. The second kappa shape index (κ2) is 5.72. The average Bonchev–Trinajstić information content (AvgIpc) is 2.07. The minimum atomic E-state index is 0.387. The number of nitrogens with one attached hydrogen (secondary N) is 1. The summed E-state index contributed by atoms with van der Waals surface area (Å²) < 4.78 is 0. The Bertz CT molecular complexity index is 156. The Morgan fingerprint density at radius 2 is 1.86 bits per heavy atom. The second-order valence-corrected chi connectivity index (χ2v) is 5.25. The number of rotatable bonds is 4. The first-order chi connectivity index (χ1) is 6.59. The monoisotopic (exact) mass is 198 g/mol. The smallest absolute Gasteiger partial charge is 0.0221 e. The van der Waals surface area contributed by atoms with Crippen LogP contribution in [0.4, 0.5) is 0 Å². The van der Waals surface area contributed by atoms with Crippen molar-refractivity contribution in [2.24, 2.45) is 11.7 Å². The van der Waals surface area contributed by atoms with E-state index >= 15 is 0 Å². The Hall–Kier alpha value is -0.0800. The fourth-order valence-corrected chi connectivity index (χ4v) is 2.51. The Morgan fingerprint density at radius 3 is 2.43 bits per heavy atom. The van der Waals surface area contributed by atoms with E-state index in [1.807, 2.05) is 0 Å². The maximum absolute atomic E-state index is 6.10. The highest BCUT2D eigenvalue weighted by Gasteiger charge is 2.22. The molecule has 1 fully saturated rings. The molecule has 0 aromatic carbocycles. The lowest BCUT2D eigenvalue weighted by atomic mass is 9.90. The van der Waals surface area contributed by atoms with Gasteiger partial charge in [-0.2, -0.15) is 0 Å². The molecule has 2 unspecified atom stereocenters. The topological polar surface area (TPSA) is 38.0 Å². The molecule has 3 atom stereocenters. The number of nitrogens with two attached hydrogens (primary N) is 1. The van der Waals surface area contributed by atoms with E-state index in [9.17, 15) is 0 Å². The number of hydrogen-bond donors (Lipinski definition) is 2. The molecule has 1 rings (SSSR count). The second-order valence-electron chi connectivity index (χ2n) is 5.25. The molecule has 0 aromatic heterocycles. The Kier molecular flexibility index (Phi) is 4.90. The van der Waals surface area contributed by atoms with E-state index in [4.69, 9.17) is 5.73 Å². The quantitative estimate of drug-likeness (QED) is 0.727. The van der Waals surface area contributed by atoms with Gasteiger partial charge in [-0.15, -0.1) is 0 Å². The molecule has 0 aliphatic heterocycles. The molecule has 3 N–H and O–H groups in total. The van der Waals surface area contributed by atoms with Crippen LogP contribution in [-0.4, -0.2) is 18.1 Å². The van der Waals surface area contributed by atoms with E-state index in [-0.39, 0.29) is 0 Å². The predicted octanol–water partition coefficient (Wildman–Crippen LogP) is 2.28. The van der Waals surface area contributed by atoms with Crippen molar-refractivity contribution < 1.29 is 0 Å². The van der Waals surface area contributed by atoms with Crippen LogP contribution in [0.1, 0.15) is 52.9 Å². The molecule has 0 bridgehead atoms. The van der Waals surface area contributed by atoms with Crippen LogP contribution in [-0.2, 0) is 0 Å². The van der Waals surface area contributed by atoms with Gasteiger partial charge in [-0.05, 0) is 32.1 Å². The summed E-state index contributed by atoms with van der Waals surface area (Å²) in [7, 11) is 0. The molecule has 0 radical (unpaired) electrons. The summed E-state index contributed by atoms with van der Waals surface area (Å²) >= 11 is 0. The normalized spacial score (nSPS) is 30.6. The van der Waals surface area contributed by atoms with E-state index in [0.29, 0.717) is 18.1 Å². The lowest BCUT2D eigenvalue weighted by molar-refractivity contribution is 0.290. The summed E-state index contributed by atoms with van der Waals surface area (Å²) in [4.78, 5) is 0. The molecular formula is C12H26N2. The van der Waals surface area contributed by atoms with Gasteiger partial charge < -0.3 is 11.1 Å². The highest BCUT2D eigenvalue weighted by atomic mass is 15.0. The lowest BCUT2D eigenvalue weighted by Crippen LogP contribution is -2.50. The molecule has 0 heterocycles. The predicted molar refractivity (Wildman–Crippen MR) is 62.3 cm³/mol. The molecule has 1 aliphatic carbocycles. The minimum Gasteiger partial charge on any atom is -0.326 e. The SMILES string of the molecule is CC(C)CC(C)NC1CCCC[C@H]1N. The molecule has 0 saturated heterocycles. The summed E-state index contributed by atoms with van der Waals surface area (Å²) in [5.41, 5.74) is 6.10. The van der Waals surface area contributed by atoms with Gasteiger partial charge in [-0.1, -0.05) is 26.7 Å². The summed E-state index contributed by atoms with van der Waals surface area (Å²) in [6.07, 6.45) is 6.39. The fourth-order valence-electron chi connectivity index (χ4n) is 2.51. The third-order valence-corrected chi connectivity index (χ3v) is 3.14. The van der Waals surface area contributed by atoms with E-state index in [1.165, 1.54) is 32.1 Å². The van der Waals surface area contributed by atoms with Crippen LogP contribution in [0.2, 0.25) is 0 Å². The van der Waals surface area contributed by atoms with Crippen molar-refractivity contribution in [1.29, 1.82) is 0 Å². The maximum Gasteiger partial charge on any atom is 0.0221 e. The fraction of sp³-hybridized carbons (Fsp3) is 1.00. The molecule has 14 heavy (non-hydrogen) atoms. The molecule has 0 amide bonds. The Labute approximate surface area is 88.6 Å². The average molecular weight is 198 g/mol. The van der Waals surface area contributed by atoms with Crippen molar-refractivity contribution in [1.82, 2.24) is 5.32 Å². The maximum atomic E-state index is 6.10. The van der Waals surface area contributed by atoms with E-state index in [0.717, 1.165) is 5.92 Å². The molecule has 1 saturated carbocycles. The molecule has 2 nitrogen and oxygen atoms in total. The summed E-state index contributed by atoms with van der Waals surface area (Å²) in [6, 6.07) is 1.57. The van der Waals surface area contributed by atoms with E-state index < -0.39 is 0 Å². The zero-order valence-electron chi connectivity index (χ0n) is 9.92. The molecular weight excluding hydrogens is 172 g/mol. The molecule has 0 spiro atoms. The van der Waals surface area contributed by atoms with Crippen LogP contribution in [0.3, 0.4) is 0 Å². The van der Waals surface area contributed by atoms with Crippen LogP contribution in [0.5, 0.6) is 0 Å². The molecule has 84 valence electrons. The third-order valence-electron chi connectivity index (χ3n) is 3.14. The van der Waals surface area contributed by atoms with Crippen molar-refractivity contribution in [2.45, 2.75) is 71.0 Å². The summed E-state index contributed by atoms with van der Waals surface area (Å²) in [5.74, 6) is 0.775. The van der Waals surface area contributed by atoms with Crippen LogP contribution in [0.15, 0.2) is 0 Å².